The number of halogens is 1. The first kappa shape index (κ1) is 24.3. The maximum atomic E-state index is 13.4. The molecular weight excluding hydrogens is 464 g/mol. The summed E-state index contributed by atoms with van der Waals surface area (Å²) in [5.41, 5.74) is 8.52. The molecule has 0 bridgehead atoms. The van der Waals surface area contributed by atoms with Gasteiger partial charge in [-0.15, -0.1) is 0 Å². The van der Waals surface area contributed by atoms with Gasteiger partial charge in [0.05, 0.1) is 0 Å². The molecule has 1 aliphatic rings. The molecule has 0 radical (unpaired) electrons. The van der Waals surface area contributed by atoms with E-state index in [4.69, 9.17) is 11.6 Å². The summed E-state index contributed by atoms with van der Waals surface area (Å²) in [7, 11) is 0. The van der Waals surface area contributed by atoms with Gasteiger partial charge in [-0.1, -0.05) is 72.3 Å². The zero-order valence-corrected chi connectivity index (χ0v) is 21.3. The Morgan fingerprint density at radius 1 is 0.861 bits per heavy atom. The number of nitrogens with one attached hydrogen (secondary N) is 2. The highest BCUT2D eigenvalue weighted by Gasteiger charge is 2.18. The molecule has 36 heavy (non-hydrogen) atoms. The van der Waals surface area contributed by atoms with E-state index < -0.39 is 0 Å². The Labute approximate surface area is 218 Å². The van der Waals surface area contributed by atoms with Gasteiger partial charge >= 0.3 is 0 Å². The van der Waals surface area contributed by atoms with Crippen LogP contribution in [0.1, 0.15) is 45.5 Å². The Morgan fingerprint density at radius 2 is 1.61 bits per heavy atom. The third-order valence-electron chi connectivity index (χ3n) is 7.08. The van der Waals surface area contributed by atoms with Crippen molar-refractivity contribution in [1.29, 1.82) is 0 Å². The lowest BCUT2D eigenvalue weighted by atomic mass is 9.94. The fourth-order valence-corrected chi connectivity index (χ4v) is 5.23. The second-order valence-corrected chi connectivity index (χ2v) is 10.0. The minimum Gasteiger partial charge on any atom is -0.322 e. The van der Waals surface area contributed by atoms with Crippen LogP contribution >= 0.6 is 11.6 Å². The Bertz CT molecular complexity index is 1350. The van der Waals surface area contributed by atoms with Gasteiger partial charge in [0, 0.05) is 28.9 Å². The van der Waals surface area contributed by atoms with Crippen LogP contribution in [0.15, 0.2) is 91.0 Å². The molecule has 1 aliphatic carbocycles. The smallest absolute Gasteiger partial charge is 0.256 e. The number of rotatable bonds is 6. The fourth-order valence-electron chi connectivity index (χ4n) is 5.10. The summed E-state index contributed by atoms with van der Waals surface area (Å²) >= 11 is 6.09. The molecule has 0 saturated carbocycles. The summed E-state index contributed by atoms with van der Waals surface area (Å²) in [5, 5.41) is 7.57. The number of benzene rings is 4. The third-order valence-corrected chi connectivity index (χ3v) is 7.33. The monoisotopic (exact) mass is 494 g/mol. The number of hydrogen-bond donors (Lipinski definition) is 2. The van der Waals surface area contributed by atoms with Gasteiger partial charge in [0.1, 0.15) is 0 Å². The van der Waals surface area contributed by atoms with Crippen LogP contribution in [0.25, 0.3) is 11.1 Å². The number of hydrogen-bond acceptors (Lipinski definition) is 2. The molecule has 0 heterocycles. The van der Waals surface area contributed by atoms with E-state index in [1.807, 2.05) is 55.5 Å². The highest BCUT2D eigenvalue weighted by atomic mass is 35.5. The van der Waals surface area contributed by atoms with Crippen molar-refractivity contribution in [2.24, 2.45) is 0 Å². The number of amides is 1. The van der Waals surface area contributed by atoms with Gasteiger partial charge in [-0.3, -0.25) is 4.79 Å². The van der Waals surface area contributed by atoms with Crippen LogP contribution in [0.5, 0.6) is 0 Å². The van der Waals surface area contributed by atoms with Crippen molar-refractivity contribution in [2.75, 3.05) is 5.32 Å². The van der Waals surface area contributed by atoms with E-state index in [0.717, 1.165) is 54.6 Å². The van der Waals surface area contributed by atoms with E-state index in [1.165, 1.54) is 16.7 Å². The Hall–Kier alpha value is -3.40. The van der Waals surface area contributed by atoms with E-state index in [9.17, 15) is 4.79 Å². The van der Waals surface area contributed by atoms with Crippen molar-refractivity contribution in [2.45, 2.75) is 45.2 Å². The summed E-state index contributed by atoms with van der Waals surface area (Å²) in [4.78, 5) is 13.4. The van der Waals surface area contributed by atoms with Crippen molar-refractivity contribution in [3.63, 3.8) is 0 Å². The minimum absolute atomic E-state index is 0.0976. The molecule has 0 saturated heterocycles. The van der Waals surface area contributed by atoms with Crippen LogP contribution in [-0.4, -0.2) is 11.9 Å². The minimum atomic E-state index is -0.0976. The lowest BCUT2D eigenvalue weighted by Gasteiger charge is -2.16. The maximum Gasteiger partial charge on any atom is 0.256 e. The number of aryl methyl sites for hydroxylation is 3. The number of carbonyl (C=O) groups is 1. The molecule has 3 nitrogen and oxygen atoms in total. The first-order valence-electron chi connectivity index (χ1n) is 12.6. The van der Waals surface area contributed by atoms with Gasteiger partial charge < -0.3 is 10.6 Å². The van der Waals surface area contributed by atoms with E-state index in [0.29, 0.717) is 16.6 Å². The average Bonchev–Trinajstić information content (AvgIpc) is 3.10. The third kappa shape index (κ3) is 5.70. The normalized spacial score (nSPS) is 15.1. The standard InChI is InChI=1S/C32H31ClN2O/c1-22-6-5-9-30(31(22)25-10-15-27(33)16-11-25)32(36)35-29-19-13-24-12-17-28(18-14-26(24)20-29)34-21-23-7-3-2-4-8-23/h2-11,13,15-16,19-20,28,34H,12,14,17-18,21H2,1H3,(H,35,36). The van der Waals surface area contributed by atoms with Gasteiger partial charge in [-0.25, -0.2) is 0 Å². The summed E-state index contributed by atoms with van der Waals surface area (Å²) in [5.74, 6) is -0.0976. The highest BCUT2D eigenvalue weighted by molar-refractivity contribution is 6.30. The first-order chi connectivity index (χ1) is 17.6. The Morgan fingerprint density at radius 3 is 2.39 bits per heavy atom. The zero-order valence-electron chi connectivity index (χ0n) is 20.6. The second-order valence-electron chi connectivity index (χ2n) is 9.58. The Balaban J connectivity index is 1.29. The molecule has 4 heteroatoms. The summed E-state index contributed by atoms with van der Waals surface area (Å²) < 4.78 is 0. The molecule has 2 N–H and O–H groups in total. The molecular formula is C32H31ClN2O. The van der Waals surface area contributed by atoms with Crippen LogP contribution in [0.2, 0.25) is 5.02 Å². The van der Waals surface area contributed by atoms with E-state index >= 15 is 0 Å². The molecule has 0 aromatic heterocycles. The molecule has 1 unspecified atom stereocenters. The van der Waals surface area contributed by atoms with Gasteiger partial charge in [-0.2, -0.15) is 0 Å². The molecule has 0 aliphatic heterocycles. The number of anilines is 1. The van der Waals surface area contributed by atoms with Gasteiger partial charge in [0.25, 0.3) is 5.91 Å². The van der Waals surface area contributed by atoms with Crippen molar-refractivity contribution in [3.05, 3.63) is 124 Å². The van der Waals surface area contributed by atoms with Crippen LogP contribution in [0.3, 0.4) is 0 Å². The topological polar surface area (TPSA) is 41.1 Å². The molecule has 1 atom stereocenters. The average molecular weight is 495 g/mol. The highest BCUT2D eigenvalue weighted by Crippen LogP contribution is 2.30. The van der Waals surface area contributed by atoms with E-state index in [1.54, 1.807) is 0 Å². The second kappa shape index (κ2) is 11.1. The molecule has 5 rings (SSSR count). The summed E-state index contributed by atoms with van der Waals surface area (Å²) in [6.07, 6.45) is 4.27. The van der Waals surface area contributed by atoms with Crippen LogP contribution in [-0.2, 0) is 19.4 Å². The summed E-state index contributed by atoms with van der Waals surface area (Å²) in [6.45, 7) is 2.93. The number of carbonyl (C=O) groups excluding carboxylic acids is 1. The Kier molecular flexibility index (Phi) is 7.50. The fraction of sp³-hybridized carbons (Fsp3) is 0.219. The maximum absolute atomic E-state index is 13.4. The van der Waals surface area contributed by atoms with Gasteiger partial charge in [0.2, 0.25) is 0 Å². The van der Waals surface area contributed by atoms with Gasteiger partial charge in [-0.05, 0) is 96.3 Å². The molecule has 4 aromatic rings. The molecule has 0 spiro atoms. The zero-order chi connectivity index (χ0) is 24.9. The SMILES string of the molecule is Cc1cccc(C(=O)Nc2ccc3c(c2)CCC(NCc2ccccc2)CC3)c1-c1ccc(Cl)cc1. The van der Waals surface area contributed by atoms with E-state index in [-0.39, 0.29) is 5.91 Å². The van der Waals surface area contributed by atoms with Crippen LogP contribution in [0.4, 0.5) is 5.69 Å². The largest absolute Gasteiger partial charge is 0.322 e. The van der Waals surface area contributed by atoms with Gasteiger partial charge in [0.15, 0.2) is 0 Å². The van der Waals surface area contributed by atoms with Crippen LogP contribution < -0.4 is 10.6 Å². The van der Waals surface area contributed by atoms with Crippen molar-refractivity contribution < 1.29 is 4.79 Å². The predicted octanol–water partition coefficient (Wildman–Crippen LogP) is 7.60. The van der Waals surface area contributed by atoms with E-state index in [2.05, 4.69) is 53.1 Å². The lowest BCUT2D eigenvalue weighted by Crippen LogP contribution is -2.28. The van der Waals surface area contributed by atoms with Crippen molar-refractivity contribution >= 4 is 23.2 Å². The molecule has 182 valence electrons. The first-order valence-corrected chi connectivity index (χ1v) is 13.0. The molecule has 4 aromatic carbocycles. The predicted molar refractivity (Wildman–Crippen MR) is 150 cm³/mol. The quantitative estimate of drug-likeness (QED) is 0.271. The van der Waals surface area contributed by atoms with Crippen LogP contribution in [0, 0.1) is 6.92 Å². The molecule has 1 amide bonds. The van der Waals surface area contributed by atoms with Crippen molar-refractivity contribution in [3.8, 4) is 11.1 Å². The van der Waals surface area contributed by atoms with Crippen molar-refractivity contribution in [1.82, 2.24) is 5.32 Å². The number of fused-ring (bicyclic) bond motifs is 1. The lowest BCUT2D eigenvalue weighted by molar-refractivity contribution is 0.102. The summed E-state index contributed by atoms with van der Waals surface area (Å²) in [6, 6.07) is 30.9. The molecule has 0 fully saturated rings.